The zero-order valence-electron chi connectivity index (χ0n) is 8.98. The van der Waals surface area contributed by atoms with Gasteiger partial charge in [-0.15, -0.1) is 0 Å². The number of carbonyl (C=O) groups is 2. The fraction of sp³-hybridized carbons (Fsp3) is 0.818. The summed E-state index contributed by atoms with van der Waals surface area (Å²) in [4.78, 5) is 26.8. The van der Waals surface area contributed by atoms with E-state index in [9.17, 15) is 9.59 Å². The molecule has 3 atom stereocenters. The molecular formula is C11H16N2O2. The van der Waals surface area contributed by atoms with E-state index in [4.69, 9.17) is 0 Å². The first-order valence-corrected chi connectivity index (χ1v) is 5.80. The van der Waals surface area contributed by atoms with Crippen LogP contribution in [0.3, 0.4) is 0 Å². The molecule has 0 spiro atoms. The molecule has 0 aromatic carbocycles. The quantitative estimate of drug-likeness (QED) is 0.561. The molecule has 1 saturated carbocycles. The van der Waals surface area contributed by atoms with Crippen molar-refractivity contribution in [1.29, 1.82) is 0 Å². The standard InChI is InChI=1S/C11H16N2O2/c1-12-10(14)9-6-7-4-2-3-5-8(7)13(9)11(12)15/h7-9H,2-6H2,1H3. The first-order valence-electron chi connectivity index (χ1n) is 5.80. The highest BCUT2D eigenvalue weighted by Crippen LogP contribution is 2.42. The maximum Gasteiger partial charge on any atom is 0.327 e. The van der Waals surface area contributed by atoms with Crippen LogP contribution in [0.5, 0.6) is 0 Å². The minimum atomic E-state index is -0.129. The Labute approximate surface area is 89.2 Å². The second-order valence-corrected chi connectivity index (χ2v) is 4.95. The molecule has 15 heavy (non-hydrogen) atoms. The molecule has 82 valence electrons. The largest absolute Gasteiger partial charge is 0.327 e. The van der Waals surface area contributed by atoms with Crippen LogP contribution in [0.1, 0.15) is 32.1 Å². The molecule has 2 saturated heterocycles. The molecular weight excluding hydrogens is 192 g/mol. The number of nitrogens with zero attached hydrogens (tertiary/aromatic N) is 2. The van der Waals surface area contributed by atoms with Gasteiger partial charge in [-0.1, -0.05) is 12.8 Å². The van der Waals surface area contributed by atoms with E-state index < -0.39 is 0 Å². The van der Waals surface area contributed by atoms with Gasteiger partial charge in [0.1, 0.15) is 6.04 Å². The molecule has 0 aromatic heterocycles. The number of carbonyl (C=O) groups excluding carboxylic acids is 2. The molecule has 1 aliphatic carbocycles. The lowest BCUT2D eigenvalue weighted by atomic mass is 9.84. The third-order valence-electron chi connectivity index (χ3n) is 4.21. The van der Waals surface area contributed by atoms with Crippen LogP contribution in [0.4, 0.5) is 4.79 Å². The van der Waals surface area contributed by atoms with Crippen molar-refractivity contribution < 1.29 is 9.59 Å². The monoisotopic (exact) mass is 208 g/mol. The van der Waals surface area contributed by atoms with E-state index in [0.29, 0.717) is 12.0 Å². The highest BCUT2D eigenvalue weighted by Gasteiger charge is 2.54. The fourth-order valence-electron chi connectivity index (χ4n) is 3.45. The molecule has 4 heteroatoms. The molecule has 0 radical (unpaired) electrons. The molecule has 2 aliphatic heterocycles. The number of imide groups is 1. The lowest BCUT2D eigenvalue weighted by molar-refractivity contribution is -0.127. The Bertz CT molecular complexity index is 329. The van der Waals surface area contributed by atoms with E-state index in [0.717, 1.165) is 12.8 Å². The Balaban J connectivity index is 1.92. The van der Waals surface area contributed by atoms with Gasteiger partial charge >= 0.3 is 6.03 Å². The molecule has 0 bridgehead atoms. The van der Waals surface area contributed by atoms with Crippen molar-refractivity contribution in [1.82, 2.24) is 9.80 Å². The Morgan fingerprint density at radius 2 is 1.93 bits per heavy atom. The zero-order valence-corrected chi connectivity index (χ0v) is 8.98. The Kier molecular flexibility index (Phi) is 1.82. The van der Waals surface area contributed by atoms with Crippen molar-refractivity contribution >= 4 is 11.9 Å². The summed E-state index contributed by atoms with van der Waals surface area (Å²) in [5.74, 6) is 0.597. The highest BCUT2D eigenvalue weighted by atomic mass is 16.2. The van der Waals surface area contributed by atoms with Crippen LogP contribution in [-0.2, 0) is 4.79 Å². The van der Waals surface area contributed by atoms with Crippen molar-refractivity contribution in [3.8, 4) is 0 Å². The summed E-state index contributed by atoms with van der Waals surface area (Å²) >= 11 is 0. The number of likely N-dealkylation sites (N-methyl/N-ethyl adjacent to an activating group) is 1. The van der Waals surface area contributed by atoms with E-state index in [2.05, 4.69) is 0 Å². The van der Waals surface area contributed by atoms with E-state index in [-0.39, 0.29) is 18.0 Å². The van der Waals surface area contributed by atoms with Crippen LogP contribution in [0.25, 0.3) is 0 Å². The van der Waals surface area contributed by atoms with Crippen molar-refractivity contribution in [2.24, 2.45) is 5.92 Å². The first kappa shape index (κ1) is 9.19. The van der Waals surface area contributed by atoms with E-state index >= 15 is 0 Å². The highest BCUT2D eigenvalue weighted by molar-refractivity contribution is 6.04. The predicted molar refractivity (Wildman–Crippen MR) is 54.2 cm³/mol. The van der Waals surface area contributed by atoms with Crippen LogP contribution in [0.2, 0.25) is 0 Å². The normalized spacial score (nSPS) is 39.7. The summed E-state index contributed by atoms with van der Waals surface area (Å²) in [6.45, 7) is 0. The summed E-state index contributed by atoms with van der Waals surface area (Å²) < 4.78 is 0. The molecule has 3 aliphatic rings. The average Bonchev–Trinajstić information content (AvgIpc) is 2.72. The van der Waals surface area contributed by atoms with Crippen LogP contribution in [0, 0.1) is 5.92 Å². The lowest BCUT2D eigenvalue weighted by Crippen LogP contribution is -2.40. The summed E-state index contributed by atoms with van der Waals surface area (Å²) in [5.41, 5.74) is 0. The second kappa shape index (κ2) is 2.97. The van der Waals surface area contributed by atoms with E-state index in [1.54, 1.807) is 7.05 Å². The van der Waals surface area contributed by atoms with Crippen molar-refractivity contribution in [3.63, 3.8) is 0 Å². The number of hydrogen-bond acceptors (Lipinski definition) is 2. The molecule has 3 unspecified atom stereocenters. The van der Waals surface area contributed by atoms with Gasteiger partial charge in [0.2, 0.25) is 0 Å². The second-order valence-electron chi connectivity index (χ2n) is 4.95. The molecule has 4 nitrogen and oxygen atoms in total. The summed E-state index contributed by atoms with van der Waals surface area (Å²) in [6, 6.07) is 0.153. The van der Waals surface area contributed by atoms with Gasteiger partial charge in [-0.2, -0.15) is 0 Å². The van der Waals surface area contributed by atoms with Gasteiger partial charge in [0.15, 0.2) is 0 Å². The number of hydrogen-bond donors (Lipinski definition) is 0. The maximum absolute atomic E-state index is 11.9. The zero-order chi connectivity index (χ0) is 10.6. The Morgan fingerprint density at radius 1 is 1.20 bits per heavy atom. The fourth-order valence-corrected chi connectivity index (χ4v) is 3.45. The number of amides is 3. The van der Waals surface area contributed by atoms with Crippen LogP contribution in [-0.4, -0.2) is 40.9 Å². The number of urea groups is 1. The molecule has 3 amide bonds. The summed E-state index contributed by atoms with van der Waals surface area (Å²) in [5, 5.41) is 0. The van der Waals surface area contributed by atoms with Crippen molar-refractivity contribution in [2.45, 2.75) is 44.2 Å². The molecule has 3 rings (SSSR count). The number of fused-ring (bicyclic) bond motifs is 3. The van der Waals surface area contributed by atoms with Crippen molar-refractivity contribution in [3.05, 3.63) is 0 Å². The van der Waals surface area contributed by atoms with Crippen LogP contribution in [0.15, 0.2) is 0 Å². The van der Waals surface area contributed by atoms with Gasteiger partial charge in [-0.25, -0.2) is 4.79 Å². The summed E-state index contributed by atoms with van der Waals surface area (Å²) in [7, 11) is 1.60. The van der Waals surface area contributed by atoms with Gasteiger partial charge in [-0.3, -0.25) is 9.69 Å². The molecule has 0 N–H and O–H groups in total. The molecule has 0 aromatic rings. The molecule has 2 heterocycles. The van der Waals surface area contributed by atoms with Crippen molar-refractivity contribution in [2.75, 3.05) is 7.05 Å². The average molecular weight is 208 g/mol. The van der Waals surface area contributed by atoms with Gasteiger partial charge in [-0.05, 0) is 25.2 Å². The van der Waals surface area contributed by atoms with Gasteiger partial charge in [0, 0.05) is 13.1 Å². The number of rotatable bonds is 0. The topological polar surface area (TPSA) is 40.6 Å². The van der Waals surface area contributed by atoms with Gasteiger partial charge in [0.05, 0.1) is 0 Å². The predicted octanol–water partition coefficient (Wildman–Crippen LogP) is 1.21. The van der Waals surface area contributed by atoms with Crippen LogP contribution < -0.4 is 0 Å². The van der Waals surface area contributed by atoms with E-state index in [1.807, 2.05) is 4.90 Å². The molecule has 3 fully saturated rings. The van der Waals surface area contributed by atoms with Gasteiger partial charge < -0.3 is 4.90 Å². The van der Waals surface area contributed by atoms with Gasteiger partial charge in [0.25, 0.3) is 5.91 Å². The lowest BCUT2D eigenvalue weighted by Gasteiger charge is -2.30. The third kappa shape index (κ3) is 1.08. The minimum Gasteiger partial charge on any atom is -0.309 e. The third-order valence-corrected chi connectivity index (χ3v) is 4.21. The smallest absolute Gasteiger partial charge is 0.309 e. The van der Waals surface area contributed by atoms with Crippen LogP contribution >= 0.6 is 0 Å². The first-order chi connectivity index (χ1) is 7.20. The minimum absolute atomic E-state index is 0.00870. The Morgan fingerprint density at radius 3 is 2.73 bits per heavy atom. The van der Waals surface area contributed by atoms with E-state index in [1.165, 1.54) is 24.2 Å². The SMILES string of the molecule is CN1C(=O)C2CC3CCCCC3N2C1=O. The summed E-state index contributed by atoms with van der Waals surface area (Å²) in [6.07, 6.45) is 5.66. The Hall–Kier alpha value is -1.06. The maximum atomic E-state index is 11.9.